The average Bonchev–Trinajstić information content (AvgIpc) is 2.48. The van der Waals surface area contributed by atoms with Gasteiger partial charge in [0.25, 0.3) is 5.56 Å². The fourth-order valence-electron chi connectivity index (χ4n) is 2.50. The average molecular weight is 313 g/mol. The molecule has 1 aromatic carbocycles. The zero-order chi connectivity index (χ0) is 17.1. The Balaban J connectivity index is 2.61. The summed E-state index contributed by atoms with van der Waals surface area (Å²) in [6.45, 7) is 8.75. The third kappa shape index (κ3) is 3.70. The molecule has 0 atom stereocenters. The largest absolute Gasteiger partial charge is 0.477 e. The van der Waals surface area contributed by atoms with Gasteiger partial charge in [0.15, 0.2) is 0 Å². The Labute approximate surface area is 136 Å². The van der Waals surface area contributed by atoms with Gasteiger partial charge in [0, 0.05) is 6.54 Å². The normalized spacial score (nSPS) is 11.0. The molecule has 0 fully saturated rings. The number of carboxylic acids is 1. The number of nitrogens with zero attached hydrogens (tertiary/aromatic N) is 1. The van der Waals surface area contributed by atoms with Gasteiger partial charge < -0.3 is 9.67 Å². The van der Waals surface area contributed by atoms with E-state index in [1.807, 2.05) is 32.0 Å². The van der Waals surface area contributed by atoms with Crippen molar-refractivity contribution in [2.75, 3.05) is 0 Å². The Morgan fingerprint density at radius 3 is 2.39 bits per heavy atom. The van der Waals surface area contributed by atoms with E-state index in [0.29, 0.717) is 12.5 Å². The van der Waals surface area contributed by atoms with Crippen LogP contribution >= 0.6 is 0 Å². The third-order valence-corrected chi connectivity index (χ3v) is 4.14. The molecule has 0 saturated heterocycles. The van der Waals surface area contributed by atoms with E-state index in [2.05, 4.69) is 13.8 Å². The van der Waals surface area contributed by atoms with Crippen LogP contribution in [0.15, 0.2) is 35.1 Å². The highest BCUT2D eigenvalue weighted by molar-refractivity contribution is 5.87. The van der Waals surface area contributed by atoms with Gasteiger partial charge in [-0.2, -0.15) is 0 Å². The van der Waals surface area contributed by atoms with Gasteiger partial charge in [-0.15, -0.1) is 0 Å². The maximum atomic E-state index is 12.6. The molecule has 0 aliphatic heterocycles. The van der Waals surface area contributed by atoms with Crippen LogP contribution in [0, 0.1) is 19.8 Å². The Bertz CT molecular complexity index is 788. The fraction of sp³-hybridized carbons (Fsp3) is 0.368. The SMILES string of the molecule is Cc1ccc(-c2ccc(C(=O)O)c(=O)n2CCC(C)C)cc1C. The van der Waals surface area contributed by atoms with E-state index in [1.54, 1.807) is 10.6 Å². The highest BCUT2D eigenvalue weighted by Crippen LogP contribution is 2.22. The van der Waals surface area contributed by atoms with E-state index in [9.17, 15) is 14.7 Å². The Morgan fingerprint density at radius 1 is 1.13 bits per heavy atom. The van der Waals surface area contributed by atoms with E-state index in [0.717, 1.165) is 23.2 Å². The van der Waals surface area contributed by atoms with E-state index in [1.165, 1.54) is 11.6 Å². The van der Waals surface area contributed by atoms with Crippen LogP contribution in [0.1, 0.15) is 41.8 Å². The van der Waals surface area contributed by atoms with Crippen molar-refractivity contribution in [2.45, 2.75) is 40.7 Å². The Morgan fingerprint density at radius 2 is 1.83 bits per heavy atom. The van der Waals surface area contributed by atoms with Gasteiger partial charge >= 0.3 is 5.97 Å². The Kier molecular flexibility index (Phi) is 5.04. The first-order valence-electron chi connectivity index (χ1n) is 7.86. The standard InChI is InChI=1S/C19H23NO3/c1-12(2)9-10-20-17(8-7-16(18(20)21)19(22)23)15-6-5-13(3)14(4)11-15/h5-8,11-12H,9-10H2,1-4H3,(H,22,23). The number of aromatic carboxylic acids is 1. The summed E-state index contributed by atoms with van der Waals surface area (Å²) in [7, 11) is 0. The minimum absolute atomic E-state index is 0.179. The molecule has 1 heterocycles. The van der Waals surface area contributed by atoms with Crippen LogP contribution in [0.4, 0.5) is 0 Å². The summed E-state index contributed by atoms with van der Waals surface area (Å²) >= 11 is 0. The molecule has 0 radical (unpaired) electrons. The number of rotatable bonds is 5. The number of hydrogen-bond donors (Lipinski definition) is 1. The fourth-order valence-corrected chi connectivity index (χ4v) is 2.50. The maximum absolute atomic E-state index is 12.6. The first-order valence-corrected chi connectivity index (χ1v) is 7.86. The number of aryl methyl sites for hydroxylation is 2. The van der Waals surface area contributed by atoms with Crippen molar-refractivity contribution in [3.8, 4) is 11.3 Å². The van der Waals surface area contributed by atoms with Crippen molar-refractivity contribution >= 4 is 5.97 Å². The molecule has 2 aromatic rings. The van der Waals surface area contributed by atoms with Gasteiger partial charge in [-0.25, -0.2) is 4.79 Å². The maximum Gasteiger partial charge on any atom is 0.341 e. The molecule has 23 heavy (non-hydrogen) atoms. The van der Waals surface area contributed by atoms with Crippen LogP contribution in [-0.4, -0.2) is 15.6 Å². The molecular weight excluding hydrogens is 290 g/mol. The van der Waals surface area contributed by atoms with Crippen LogP contribution in [0.2, 0.25) is 0 Å². The zero-order valence-corrected chi connectivity index (χ0v) is 14.1. The number of benzene rings is 1. The lowest BCUT2D eigenvalue weighted by atomic mass is 10.0. The molecule has 1 aromatic heterocycles. The van der Waals surface area contributed by atoms with Gasteiger partial charge in [0.1, 0.15) is 5.56 Å². The second kappa shape index (κ2) is 6.82. The lowest BCUT2D eigenvalue weighted by molar-refractivity contribution is 0.0694. The molecule has 122 valence electrons. The molecular formula is C19H23NO3. The molecule has 0 amide bonds. The molecule has 0 spiro atoms. The van der Waals surface area contributed by atoms with Gasteiger partial charge in [0.2, 0.25) is 0 Å². The second-order valence-electron chi connectivity index (χ2n) is 6.38. The lowest BCUT2D eigenvalue weighted by Crippen LogP contribution is -2.28. The van der Waals surface area contributed by atoms with Crippen LogP contribution < -0.4 is 5.56 Å². The van der Waals surface area contributed by atoms with Crippen LogP contribution in [-0.2, 0) is 6.54 Å². The molecule has 0 unspecified atom stereocenters. The van der Waals surface area contributed by atoms with Crippen molar-refractivity contribution in [2.24, 2.45) is 5.92 Å². The van der Waals surface area contributed by atoms with Crippen molar-refractivity contribution in [3.63, 3.8) is 0 Å². The first kappa shape index (κ1) is 17.0. The van der Waals surface area contributed by atoms with E-state index < -0.39 is 11.5 Å². The van der Waals surface area contributed by atoms with Gasteiger partial charge in [0.05, 0.1) is 5.69 Å². The Hall–Kier alpha value is -2.36. The van der Waals surface area contributed by atoms with Gasteiger partial charge in [-0.1, -0.05) is 26.0 Å². The summed E-state index contributed by atoms with van der Waals surface area (Å²) < 4.78 is 1.59. The van der Waals surface area contributed by atoms with Crippen molar-refractivity contribution in [3.05, 3.63) is 57.4 Å². The summed E-state index contributed by atoms with van der Waals surface area (Å²) in [4.78, 5) is 23.8. The molecule has 0 aliphatic rings. The third-order valence-electron chi connectivity index (χ3n) is 4.14. The molecule has 1 N–H and O–H groups in total. The molecule has 0 aliphatic carbocycles. The highest BCUT2D eigenvalue weighted by atomic mass is 16.4. The predicted molar refractivity (Wildman–Crippen MR) is 92.0 cm³/mol. The van der Waals surface area contributed by atoms with E-state index >= 15 is 0 Å². The second-order valence-corrected chi connectivity index (χ2v) is 6.38. The summed E-state index contributed by atoms with van der Waals surface area (Å²) in [6.07, 6.45) is 0.820. The van der Waals surface area contributed by atoms with E-state index in [4.69, 9.17) is 0 Å². The molecule has 0 bridgehead atoms. The molecule has 4 nitrogen and oxygen atoms in total. The number of carboxylic acid groups (broad SMARTS) is 1. The monoisotopic (exact) mass is 313 g/mol. The first-order chi connectivity index (χ1) is 10.8. The topological polar surface area (TPSA) is 59.3 Å². The quantitative estimate of drug-likeness (QED) is 0.911. The smallest absolute Gasteiger partial charge is 0.341 e. The predicted octanol–water partition coefficient (Wildman–Crippen LogP) is 3.88. The molecule has 0 saturated carbocycles. The summed E-state index contributed by atoms with van der Waals surface area (Å²) in [5.41, 5.74) is 3.42. The van der Waals surface area contributed by atoms with Crippen LogP contribution in [0.5, 0.6) is 0 Å². The van der Waals surface area contributed by atoms with Gasteiger partial charge in [-0.3, -0.25) is 4.79 Å². The number of hydrogen-bond acceptors (Lipinski definition) is 2. The van der Waals surface area contributed by atoms with Crippen LogP contribution in [0.3, 0.4) is 0 Å². The highest BCUT2D eigenvalue weighted by Gasteiger charge is 2.15. The molecule has 2 rings (SSSR count). The number of pyridine rings is 1. The minimum atomic E-state index is -1.18. The summed E-state index contributed by atoms with van der Waals surface area (Å²) in [6, 6.07) is 9.17. The van der Waals surface area contributed by atoms with E-state index in [-0.39, 0.29) is 5.56 Å². The number of aromatic nitrogens is 1. The zero-order valence-electron chi connectivity index (χ0n) is 14.1. The lowest BCUT2D eigenvalue weighted by Gasteiger charge is -2.16. The van der Waals surface area contributed by atoms with Gasteiger partial charge in [-0.05, 0) is 61.1 Å². The minimum Gasteiger partial charge on any atom is -0.477 e. The summed E-state index contributed by atoms with van der Waals surface area (Å²) in [5, 5.41) is 9.20. The summed E-state index contributed by atoms with van der Waals surface area (Å²) in [5.74, 6) is -0.747. The van der Waals surface area contributed by atoms with Crippen molar-refractivity contribution in [1.82, 2.24) is 4.57 Å². The van der Waals surface area contributed by atoms with Crippen molar-refractivity contribution in [1.29, 1.82) is 0 Å². The van der Waals surface area contributed by atoms with Crippen LogP contribution in [0.25, 0.3) is 11.3 Å². The van der Waals surface area contributed by atoms with Crippen molar-refractivity contribution < 1.29 is 9.90 Å². The number of carbonyl (C=O) groups is 1. The molecule has 4 heteroatoms.